The molecule has 6 heteroatoms. The molecule has 0 radical (unpaired) electrons. The second kappa shape index (κ2) is 52.8. The number of hydrogen-bond donors (Lipinski definition) is 0. The summed E-state index contributed by atoms with van der Waals surface area (Å²) in [6.45, 7) is 6.68. The quantitative estimate of drug-likeness (QED) is 0.0262. The van der Waals surface area contributed by atoms with Crippen molar-refractivity contribution < 1.29 is 28.6 Å². The Hall–Kier alpha value is -1.85. The number of unbranched alkanes of at least 4 members (excludes halogenated alkanes) is 39. The fourth-order valence-corrected chi connectivity index (χ4v) is 8.50. The van der Waals surface area contributed by atoms with E-state index >= 15 is 0 Å². The first-order valence-corrected chi connectivity index (χ1v) is 28.2. The maximum Gasteiger partial charge on any atom is 0.306 e. The monoisotopic (exact) mass is 889 g/mol. The lowest BCUT2D eigenvalue weighted by Crippen LogP contribution is -2.30. The van der Waals surface area contributed by atoms with Crippen LogP contribution in [0.15, 0.2) is 12.2 Å². The molecule has 0 aliphatic carbocycles. The zero-order chi connectivity index (χ0) is 45.8. The van der Waals surface area contributed by atoms with Gasteiger partial charge in [-0.2, -0.15) is 0 Å². The molecule has 63 heavy (non-hydrogen) atoms. The summed E-state index contributed by atoms with van der Waals surface area (Å²) in [6.07, 6.45) is 59.1. The third-order valence-corrected chi connectivity index (χ3v) is 12.8. The van der Waals surface area contributed by atoms with Gasteiger partial charge >= 0.3 is 17.9 Å². The summed E-state index contributed by atoms with van der Waals surface area (Å²) in [6, 6.07) is 0. The minimum Gasteiger partial charge on any atom is -0.462 e. The molecule has 0 aromatic rings. The number of carbonyl (C=O) groups excluding carboxylic acids is 3. The summed E-state index contributed by atoms with van der Waals surface area (Å²) in [5.74, 6) is -0.853. The van der Waals surface area contributed by atoms with Gasteiger partial charge in [0.15, 0.2) is 6.10 Å². The maximum atomic E-state index is 12.8. The van der Waals surface area contributed by atoms with Gasteiger partial charge in [0, 0.05) is 19.3 Å². The van der Waals surface area contributed by atoms with Gasteiger partial charge in [0.05, 0.1) is 0 Å². The predicted octanol–water partition coefficient (Wildman–Crippen LogP) is 18.5. The normalized spacial score (nSPS) is 11.6. The molecular weight excluding hydrogens is 781 g/mol. The standard InChI is InChI=1S/C57H108O6/c1-4-7-10-13-16-19-22-25-28-31-34-37-40-43-46-49-55(58)61-52-54(63-57(60)51-48-45-42-39-36-33-30-27-24-21-18-15-12-9-6-3)53-62-56(59)50-47-44-41-38-35-32-29-26-23-20-17-14-11-8-5-2/h27,30,54H,4-26,28-29,31-53H2,1-3H3/b30-27+. The lowest BCUT2D eigenvalue weighted by molar-refractivity contribution is -0.167. The molecular formula is C57H108O6. The number of hydrogen-bond acceptors (Lipinski definition) is 6. The summed E-state index contributed by atoms with van der Waals surface area (Å²) in [5, 5.41) is 0. The number of allylic oxidation sites excluding steroid dienone is 2. The van der Waals surface area contributed by atoms with Crippen molar-refractivity contribution in [1.29, 1.82) is 0 Å². The number of rotatable bonds is 52. The largest absolute Gasteiger partial charge is 0.462 e. The molecule has 0 aromatic carbocycles. The minimum atomic E-state index is -0.768. The highest BCUT2D eigenvalue weighted by molar-refractivity contribution is 5.71. The van der Waals surface area contributed by atoms with E-state index in [1.807, 2.05) is 0 Å². The van der Waals surface area contributed by atoms with Crippen molar-refractivity contribution in [3.63, 3.8) is 0 Å². The summed E-state index contributed by atoms with van der Waals surface area (Å²) >= 11 is 0. The molecule has 0 unspecified atom stereocenters. The molecule has 0 amide bonds. The van der Waals surface area contributed by atoms with Gasteiger partial charge in [-0.1, -0.05) is 264 Å². The van der Waals surface area contributed by atoms with E-state index in [0.29, 0.717) is 19.3 Å². The molecule has 0 heterocycles. The molecule has 0 spiro atoms. The second-order valence-corrected chi connectivity index (χ2v) is 19.2. The van der Waals surface area contributed by atoms with Crippen molar-refractivity contribution in [3.8, 4) is 0 Å². The highest BCUT2D eigenvalue weighted by Crippen LogP contribution is 2.17. The van der Waals surface area contributed by atoms with Crippen molar-refractivity contribution in [2.45, 2.75) is 322 Å². The zero-order valence-electron chi connectivity index (χ0n) is 42.6. The Morgan fingerprint density at radius 3 is 0.794 bits per heavy atom. The van der Waals surface area contributed by atoms with Gasteiger partial charge < -0.3 is 14.2 Å². The van der Waals surface area contributed by atoms with E-state index in [2.05, 4.69) is 32.9 Å². The van der Waals surface area contributed by atoms with Gasteiger partial charge in [-0.15, -0.1) is 0 Å². The lowest BCUT2D eigenvalue weighted by Gasteiger charge is -2.18. The molecule has 372 valence electrons. The van der Waals surface area contributed by atoms with Crippen molar-refractivity contribution in [1.82, 2.24) is 0 Å². The number of ether oxygens (including phenoxy) is 3. The van der Waals surface area contributed by atoms with Crippen LogP contribution in [0.3, 0.4) is 0 Å². The van der Waals surface area contributed by atoms with Gasteiger partial charge in [0.1, 0.15) is 13.2 Å². The van der Waals surface area contributed by atoms with Crippen LogP contribution in [0.2, 0.25) is 0 Å². The molecule has 0 aliphatic heterocycles. The van der Waals surface area contributed by atoms with Crippen molar-refractivity contribution in [3.05, 3.63) is 12.2 Å². The van der Waals surface area contributed by atoms with Crippen LogP contribution >= 0.6 is 0 Å². The molecule has 0 saturated heterocycles. The Kier molecular flexibility index (Phi) is 51.2. The van der Waals surface area contributed by atoms with Crippen LogP contribution in [-0.4, -0.2) is 37.2 Å². The highest BCUT2D eigenvalue weighted by atomic mass is 16.6. The summed E-state index contributed by atoms with van der Waals surface area (Å²) < 4.78 is 16.9. The third-order valence-electron chi connectivity index (χ3n) is 12.8. The first kappa shape index (κ1) is 61.1. The van der Waals surface area contributed by atoms with E-state index in [1.165, 1.54) is 212 Å². The van der Waals surface area contributed by atoms with E-state index in [9.17, 15) is 14.4 Å². The van der Waals surface area contributed by atoms with Crippen LogP contribution in [0.5, 0.6) is 0 Å². The Morgan fingerprint density at radius 1 is 0.302 bits per heavy atom. The van der Waals surface area contributed by atoms with Crippen LogP contribution in [-0.2, 0) is 28.6 Å². The van der Waals surface area contributed by atoms with Gasteiger partial charge in [-0.05, 0) is 44.9 Å². The number of carbonyl (C=O) groups is 3. The molecule has 0 fully saturated rings. The van der Waals surface area contributed by atoms with Crippen LogP contribution in [0.25, 0.3) is 0 Å². The van der Waals surface area contributed by atoms with E-state index in [-0.39, 0.29) is 31.1 Å². The van der Waals surface area contributed by atoms with Crippen molar-refractivity contribution in [2.24, 2.45) is 0 Å². The van der Waals surface area contributed by atoms with Gasteiger partial charge in [0.25, 0.3) is 0 Å². The average molecular weight is 889 g/mol. The molecule has 0 bridgehead atoms. The van der Waals surface area contributed by atoms with Crippen LogP contribution < -0.4 is 0 Å². The highest BCUT2D eigenvalue weighted by Gasteiger charge is 2.19. The predicted molar refractivity (Wildman–Crippen MR) is 270 cm³/mol. The Morgan fingerprint density at radius 2 is 0.524 bits per heavy atom. The second-order valence-electron chi connectivity index (χ2n) is 19.2. The third kappa shape index (κ3) is 51.0. The van der Waals surface area contributed by atoms with Crippen molar-refractivity contribution >= 4 is 17.9 Å². The molecule has 0 saturated carbocycles. The fourth-order valence-electron chi connectivity index (χ4n) is 8.50. The SMILES string of the molecule is CCCCCCCC/C=C/CCCCCCCC(=O)OC(COC(=O)CCCCCCCCCCCCCCCCC)COC(=O)CCCCCCCCCCCCCCCCC. The lowest BCUT2D eigenvalue weighted by atomic mass is 10.0. The summed E-state index contributed by atoms with van der Waals surface area (Å²) in [7, 11) is 0. The first-order valence-electron chi connectivity index (χ1n) is 28.2. The first-order chi connectivity index (χ1) is 31.0. The van der Waals surface area contributed by atoms with Gasteiger partial charge in [-0.25, -0.2) is 0 Å². The summed E-state index contributed by atoms with van der Waals surface area (Å²) in [5.41, 5.74) is 0. The van der Waals surface area contributed by atoms with Gasteiger partial charge in [0.2, 0.25) is 0 Å². The van der Waals surface area contributed by atoms with Crippen LogP contribution in [0, 0.1) is 0 Å². The summed E-state index contributed by atoms with van der Waals surface area (Å²) in [4.78, 5) is 38.1. The zero-order valence-corrected chi connectivity index (χ0v) is 42.6. The molecule has 0 aromatic heterocycles. The fraction of sp³-hybridized carbons (Fsp3) is 0.912. The molecule has 6 nitrogen and oxygen atoms in total. The van der Waals surface area contributed by atoms with Gasteiger partial charge in [-0.3, -0.25) is 14.4 Å². The molecule has 0 N–H and O–H groups in total. The average Bonchev–Trinajstić information content (AvgIpc) is 3.28. The molecule has 0 aliphatic rings. The molecule has 0 atom stereocenters. The van der Waals surface area contributed by atoms with E-state index in [1.54, 1.807) is 0 Å². The van der Waals surface area contributed by atoms with E-state index in [0.717, 1.165) is 64.2 Å². The maximum absolute atomic E-state index is 12.8. The van der Waals surface area contributed by atoms with Crippen molar-refractivity contribution in [2.75, 3.05) is 13.2 Å². The van der Waals surface area contributed by atoms with Crippen LogP contribution in [0.1, 0.15) is 316 Å². The molecule has 0 rings (SSSR count). The van der Waals surface area contributed by atoms with Crippen LogP contribution in [0.4, 0.5) is 0 Å². The smallest absolute Gasteiger partial charge is 0.306 e. The van der Waals surface area contributed by atoms with E-state index < -0.39 is 6.10 Å². The topological polar surface area (TPSA) is 78.9 Å². The Balaban J connectivity index is 4.33. The number of esters is 3. The Bertz CT molecular complexity index is 928. The van der Waals surface area contributed by atoms with E-state index in [4.69, 9.17) is 14.2 Å². The minimum absolute atomic E-state index is 0.0675. The Labute approximate surface area is 392 Å².